The Labute approximate surface area is 139 Å². The van der Waals surface area contributed by atoms with E-state index in [9.17, 15) is 9.59 Å². The molecule has 0 spiro atoms. The molecule has 2 atom stereocenters. The molecule has 2 aromatic carbocycles. The number of amides is 2. The van der Waals surface area contributed by atoms with Gasteiger partial charge in [0.2, 0.25) is 11.8 Å². The molecular weight excluding hydrogens is 308 g/mol. The van der Waals surface area contributed by atoms with Gasteiger partial charge in [0.25, 0.3) is 0 Å². The van der Waals surface area contributed by atoms with Crippen molar-refractivity contribution >= 4 is 11.8 Å². The Morgan fingerprint density at radius 2 is 1.96 bits per heavy atom. The minimum atomic E-state index is -1.08. The number of hydrogen-bond acceptors (Lipinski definition) is 4. The van der Waals surface area contributed by atoms with Crippen LogP contribution in [-0.4, -0.2) is 17.0 Å². The summed E-state index contributed by atoms with van der Waals surface area (Å²) in [5.41, 5.74) is 7.67. The normalized spacial score (nSPS) is 21.8. The summed E-state index contributed by atoms with van der Waals surface area (Å²) >= 11 is 0. The van der Waals surface area contributed by atoms with Crippen molar-refractivity contribution in [1.82, 2.24) is 5.48 Å². The van der Waals surface area contributed by atoms with Crippen molar-refractivity contribution in [2.24, 2.45) is 11.7 Å². The first kappa shape index (κ1) is 16.0. The van der Waals surface area contributed by atoms with E-state index in [-0.39, 0.29) is 6.42 Å². The summed E-state index contributed by atoms with van der Waals surface area (Å²) in [6.45, 7) is 0.397. The Bertz CT molecular complexity index is 763. The lowest BCUT2D eigenvalue weighted by atomic mass is 9.92. The lowest BCUT2D eigenvalue weighted by molar-refractivity contribution is -0.132. The van der Waals surface area contributed by atoms with Crippen molar-refractivity contribution in [3.8, 4) is 5.75 Å². The van der Waals surface area contributed by atoms with E-state index in [0.29, 0.717) is 17.9 Å². The van der Waals surface area contributed by atoms with Crippen LogP contribution in [0.2, 0.25) is 0 Å². The maximum absolute atomic E-state index is 11.9. The maximum Gasteiger partial charge on any atom is 0.247 e. The summed E-state index contributed by atoms with van der Waals surface area (Å²) in [4.78, 5) is 23.6. The van der Waals surface area contributed by atoms with Crippen LogP contribution in [0.4, 0.5) is 0 Å². The van der Waals surface area contributed by atoms with Crippen LogP contribution in [-0.2, 0) is 21.6 Å². The maximum atomic E-state index is 11.9. The van der Waals surface area contributed by atoms with Crippen LogP contribution in [0.25, 0.3) is 0 Å². The van der Waals surface area contributed by atoms with Crippen LogP contribution in [0, 0.1) is 5.92 Å². The van der Waals surface area contributed by atoms with Gasteiger partial charge in [0, 0.05) is 0 Å². The van der Waals surface area contributed by atoms with Gasteiger partial charge in [-0.25, -0.2) is 5.48 Å². The van der Waals surface area contributed by atoms with E-state index in [1.807, 2.05) is 30.3 Å². The van der Waals surface area contributed by atoms with Crippen LogP contribution >= 0.6 is 0 Å². The number of ether oxygens (including phenoxy) is 1. The molecule has 6 nitrogen and oxygen atoms in total. The van der Waals surface area contributed by atoms with E-state index in [0.717, 1.165) is 5.56 Å². The molecule has 1 fully saturated rings. The average molecular weight is 326 g/mol. The number of nitrogens with two attached hydrogens (primary N) is 1. The molecule has 0 bridgehead atoms. The summed E-state index contributed by atoms with van der Waals surface area (Å²) < 4.78 is 5.76. The Morgan fingerprint density at radius 1 is 1.21 bits per heavy atom. The quantitative estimate of drug-likeness (QED) is 0.553. The van der Waals surface area contributed by atoms with E-state index in [2.05, 4.69) is 0 Å². The van der Waals surface area contributed by atoms with E-state index in [1.54, 1.807) is 29.7 Å². The number of nitrogens with one attached hydrogen (secondary N) is 1. The van der Waals surface area contributed by atoms with Crippen molar-refractivity contribution in [3.63, 3.8) is 0 Å². The predicted octanol–water partition coefficient (Wildman–Crippen LogP) is 1.51. The largest absolute Gasteiger partial charge is 0.489 e. The minimum Gasteiger partial charge on any atom is -0.489 e. The summed E-state index contributed by atoms with van der Waals surface area (Å²) in [5.74, 6) is -1.27. The van der Waals surface area contributed by atoms with E-state index >= 15 is 0 Å². The molecule has 6 heteroatoms. The molecule has 4 N–H and O–H groups in total. The van der Waals surface area contributed by atoms with Crippen molar-refractivity contribution < 1.29 is 19.5 Å². The van der Waals surface area contributed by atoms with Crippen molar-refractivity contribution in [1.29, 1.82) is 0 Å². The lowest BCUT2D eigenvalue weighted by Crippen LogP contribution is -2.35. The smallest absolute Gasteiger partial charge is 0.247 e. The molecule has 0 aromatic heterocycles. The second kappa shape index (κ2) is 6.33. The zero-order valence-electron chi connectivity index (χ0n) is 12.9. The third-order valence-corrected chi connectivity index (χ3v) is 4.42. The number of primary amides is 1. The number of benzene rings is 2. The summed E-state index contributed by atoms with van der Waals surface area (Å²) in [7, 11) is 0. The van der Waals surface area contributed by atoms with E-state index < -0.39 is 23.1 Å². The van der Waals surface area contributed by atoms with Gasteiger partial charge >= 0.3 is 0 Å². The Hall–Kier alpha value is -2.86. The topological polar surface area (TPSA) is 102 Å². The van der Waals surface area contributed by atoms with Gasteiger partial charge in [-0.2, -0.15) is 0 Å². The van der Waals surface area contributed by atoms with Gasteiger partial charge in [0.15, 0.2) is 0 Å². The van der Waals surface area contributed by atoms with E-state index in [1.165, 1.54) is 0 Å². The zero-order valence-corrected chi connectivity index (χ0v) is 12.9. The van der Waals surface area contributed by atoms with Gasteiger partial charge in [-0.1, -0.05) is 42.5 Å². The number of hydrogen-bond donors (Lipinski definition) is 3. The number of hydroxylamine groups is 1. The Morgan fingerprint density at radius 3 is 2.62 bits per heavy atom. The molecule has 124 valence electrons. The highest BCUT2D eigenvalue weighted by Crippen LogP contribution is 2.54. The number of carbonyl (C=O) groups excluding carboxylic acids is 2. The van der Waals surface area contributed by atoms with E-state index in [4.69, 9.17) is 15.7 Å². The molecule has 0 radical (unpaired) electrons. The second-order valence-electron chi connectivity index (χ2n) is 5.87. The predicted molar refractivity (Wildman–Crippen MR) is 86.1 cm³/mol. The highest BCUT2D eigenvalue weighted by molar-refractivity contribution is 5.99. The highest BCUT2D eigenvalue weighted by Gasteiger charge is 2.63. The molecule has 1 aliphatic carbocycles. The molecule has 24 heavy (non-hydrogen) atoms. The molecule has 0 aliphatic heterocycles. The van der Waals surface area contributed by atoms with Gasteiger partial charge in [-0.05, 0) is 29.7 Å². The highest BCUT2D eigenvalue weighted by atomic mass is 16.5. The SMILES string of the molecule is NC(=O)[C@]1(c2cccc(OCc3ccccc3)c2)CC1C(=O)NO. The minimum absolute atomic E-state index is 0.275. The first-order chi connectivity index (χ1) is 11.6. The first-order valence-electron chi connectivity index (χ1n) is 7.59. The Kier molecular flexibility index (Phi) is 4.22. The van der Waals surface area contributed by atoms with Gasteiger partial charge in [-0.15, -0.1) is 0 Å². The van der Waals surface area contributed by atoms with Gasteiger partial charge < -0.3 is 10.5 Å². The lowest BCUT2D eigenvalue weighted by Gasteiger charge is -2.15. The molecule has 1 aliphatic rings. The third-order valence-electron chi connectivity index (χ3n) is 4.42. The van der Waals surface area contributed by atoms with Crippen LogP contribution in [0.15, 0.2) is 54.6 Å². The second-order valence-corrected chi connectivity index (χ2v) is 5.87. The monoisotopic (exact) mass is 326 g/mol. The van der Waals surface area contributed by atoms with Crippen molar-refractivity contribution in [3.05, 3.63) is 65.7 Å². The zero-order chi connectivity index (χ0) is 17.2. The van der Waals surface area contributed by atoms with Gasteiger partial charge in [0.05, 0.1) is 11.3 Å². The third kappa shape index (κ3) is 2.83. The number of carbonyl (C=O) groups is 2. The van der Waals surface area contributed by atoms with Crippen molar-refractivity contribution in [2.75, 3.05) is 0 Å². The summed E-state index contributed by atoms with van der Waals surface area (Å²) in [6, 6.07) is 16.7. The molecule has 1 unspecified atom stereocenters. The fraction of sp³-hybridized carbons (Fsp3) is 0.222. The van der Waals surface area contributed by atoms with Gasteiger partial charge in [0.1, 0.15) is 12.4 Å². The molecule has 0 heterocycles. The fourth-order valence-electron chi connectivity index (χ4n) is 3.00. The molecule has 2 amide bonds. The Balaban J connectivity index is 1.80. The summed E-state index contributed by atoms with van der Waals surface area (Å²) in [5, 5.41) is 8.79. The molecule has 3 rings (SSSR count). The average Bonchev–Trinajstić information content (AvgIpc) is 3.38. The molecular formula is C18H18N2O4. The standard InChI is InChI=1S/C18H18N2O4/c19-17(22)18(10-15(18)16(21)20-23)13-7-4-8-14(9-13)24-11-12-5-2-1-3-6-12/h1-9,15,23H,10-11H2,(H2,19,22)(H,20,21)/t15?,18-/m0/s1. The molecule has 0 saturated heterocycles. The van der Waals surface area contributed by atoms with Crippen LogP contribution < -0.4 is 16.0 Å². The number of rotatable bonds is 6. The fourth-order valence-corrected chi connectivity index (χ4v) is 3.00. The van der Waals surface area contributed by atoms with Crippen LogP contribution in [0.1, 0.15) is 17.5 Å². The summed E-state index contributed by atoms with van der Waals surface area (Å²) in [6.07, 6.45) is 0.275. The molecule has 2 aromatic rings. The van der Waals surface area contributed by atoms with Gasteiger partial charge in [-0.3, -0.25) is 14.8 Å². The van der Waals surface area contributed by atoms with Crippen molar-refractivity contribution in [2.45, 2.75) is 18.4 Å². The molecule has 1 saturated carbocycles. The van der Waals surface area contributed by atoms with Crippen LogP contribution in [0.3, 0.4) is 0 Å². The first-order valence-corrected chi connectivity index (χ1v) is 7.59. The van der Waals surface area contributed by atoms with Crippen LogP contribution in [0.5, 0.6) is 5.75 Å².